The molecule has 0 aliphatic carbocycles. The van der Waals surface area contributed by atoms with E-state index in [0.29, 0.717) is 11.3 Å². The van der Waals surface area contributed by atoms with E-state index in [2.05, 4.69) is 0 Å². The molecule has 0 aliphatic heterocycles. The molecule has 16 heavy (non-hydrogen) atoms. The van der Waals surface area contributed by atoms with Crippen LogP contribution in [0, 0.1) is 0 Å². The second kappa shape index (κ2) is 5.09. The van der Waals surface area contributed by atoms with E-state index in [1.165, 1.54) is 13.8 Å². The van der Waals surface area contributed by atoms with E-state index in [0.717, 1.165) is 0 Å². The zero-order chi connectivity index (χ0) is 12.2. The van der Waals surface area contributed by atoms with Crippen LogP contribution in [0.2, 0.25) is 0 Å². The van der Waals surface area contributed by atoms with Crippen molar-refractivity contribution in [3.8, 4) is 5.75 Å². The highest BCUT2D eigenvalue weighted by Gasteiger charge is 2.24. The van der Waals surface area contributed by atoms with Gasteiger partial charge in [-0.25, -0.2) is 0 Å². The Bertz CT molecular complexity index is 348. The van der Waals surface area contributed by atoms with Gasteiger partial charge in [-0.2, -0.15) is 0 Å². The molecule has 0 heterocycles. The number of rotatable bonds is 5. The summed E-state index contributed by atoms with van der Waals surface area (Å²) in [6.07, 6.45) is 0. The molecule has 4 nitrogen and oxygen atoms in total. The number of carbonyl (C=O) groups excluding carboxylic acids is 1. The van der Waals surface area contributed by atoms with Crippen molar-refractivity contribution in [1.82, 2.24) is 0 Å². The highest BCUT2D eigenvalue weighted by molar-refractivity contribution is 6.01. The number of Topliss-reactive ketones (excluding diaryl/α,β-unsaturated/α-hetero) is 1. The summed E-state index contributed by atoms with van der Waals surface area (Å²) < 4.78 is 5.15. The molecule has 1 aromatic carbocycles. The lowest BCUT2D eigenvalue weighted by Gasteiger charge is -2.15. The smallest absolute Gasteiger partial charge is 0.193 e. The average molecular weight is 224 g/mol. The maximum Gasteiger partial charge on any atom is 0.193 e. The molecule has 0 saturated carbocycles. The van der Waals surface area contributed by atoms with Gasteiger partial charge in [0.2, 0.25) is 0 Å². The van der Waals surface area contributed by atoms with Crippen LogP contribution in [0.5, 0.6) is 5.75 Å². The molecule has 0 spiro atoms. The van der Waals surface area contributed by atoms with E-state index >= 15 is 0 Å². The van der Waals surface area contributed by atoms with E-state index in [1.807, 2.05) is 0 Å². The number of ether oxygens (including phenoxy) is 1. The Hall–Kier alpha value is -1.39. The highest BCUT2D eigenvalue weighted by Crippen LogP contribution is 2.16. The van der Waals surface area contributed by atoms with Crippen LogP contribution in [0.4, 0.5) is 0 Å². The molecule has 0 atom stereocenters. The van der Waals surface area contributed by atoms with Crippen molar-refractivity contribution in [2.75, 3.05) is 13.2 Å². The van der Waals surface area contributed by atoms with Crippen LogP contribution >= 0.6 is 0 Å². The number of ketones is 1. The SMILES string of the molecule is CC(C)(O)C(=O)c1ccc(OCCO)cc1. The monoisotopic (exact) mass is 224 g/mol. The summed E-state index contributed by atoms with van der Waals surface area (Å²) in [6, 6.07) is 6.45. The molecule has 0 aromatic heterocycles. The minimum Gasteiger partial charge on any atom is -0.491 e. The summed E-state index contributed by atoms with van der Waals surface area (Å²) >= 11 is 0. The summed E-state index contributed by atoms with van der Waals surface area (Å²) in [5.41, 5.74) is -0.933. The van der Waals surface area contributed by atoms with Gasteiger partial charge in [0, 0.05) is 5.56 Å². The van der Waals surface area contributed by atoms with Crippen LogP contribution in [0.3, 0.4) is 0 Å². The highest BCUT2D eigenvalue weighted by atomic mass is 16.5. The molecule has 2 N–H and O–H groups in total. The van der Waals surface area contributed by atoms with Gasteiger partial charge in [0.05, 0.1) is 6.61 Å². The summed E-state index contributed by atoms with van der Waals surface area (Å²) in [4.78, 5) is 11.7. The van der Waals surface area contributed by atoms with Crippen LogP contribution in [0.15, 0.2) is 24.3 Å². The normalized spacial score (nSPS) is 11.2. The fourth-order valence-corrected chi connectivity index (χ4v) is 1.22. The number of hydrogen-bond acceptors (Lipinski definition) is 4. The molecular formula is C12H16O4. The summed E-state index contributed by atoms with van der Waals surface area (Å²) in [5, 5.41) is 18.1. The standard InChI is InChI=1S/C12H16O4/c1-12(2,15)11(14)9-3-5-10(6-4-9)16-8-7-13/h3-6,13,15H,7-8H2,1-2H3. The first-order valence-corrected chi connectivity index (χ1v) is 5.06. The lowest BCUT2D eigenvalue weighted by atomic mass is 9.97. The Morgan fingerprint density at radius 2 is 1.88 bits per heavy atom. The van der Waals surface area contributed by atoms with Crippen molar-refractivity contribution in [3.63, 3.8) is 0 Å². The summed E-state index contributed by atoms with van der Waals surface area (Å²) in [7, 11) is 0. The summed E-state index contributed by atoms with van der Waals surface area (Å²) in [5.74, 6) is 0.252. The quantitative estimate of drug-likeness (QED) is 0.732. The average Bonchev–Trinajstić information content (AvgIpc) is 2.25. The van der Waals surface area contributed by atoms with Crippen molar-refractivity contribution < 1.29 is 19.7 Å². The van der Waals surface area contributed by atoms with Gasteiger partial charge >= 0.3 is 0 Å². The third-order valence-electron chi connectivity index (χ3n) is 2.03. The number of aliphatic hydroxyl groups excluding tert-OH is 1. The van der Waals surface area contributed by atoms with Crippen LogP contribution in [-0.4, -0.2) is 34.8 Å². The topological polar surface area (TPSA) is 66.8 Å². The first-order chi connectivity index (χ1) is 7.45. The molecule has 4 heteroatoms. The van der Waals surface area contributed by atoms with Gasteiger partial charge in [0.25, 0.3) is 0 Å². The van der Waals surface area contributed by atoms with Crippen LogP contribution < -0.4 is 4.74 Å². The number of carbonyl (C=O) groups is 1. The molecule has 0 saturated heterocycles. The van der Waals surface area contributed by atoms with E-state index in [9.17, 15) is 9.90 Å². The van der Waals surface area contributed by atoms with Crippen LogP contribution in [0.25, 0.3) is 0 Å². The predicted molar refractivity (Wildman–Crippen MR) is 59.7 cm³/mol. The first kappa shape index (κ1) is 12.7. The van der Waals surface area contributed by atoms with Gasteiger partial charge in [0.15, 0.2) is 5.78 Å². The Labute approximate surface area is 94.5 Å². The summed E-state index contributed by atoms with van der Waals surface area (Å²) in [6.45, 7) is 3.07. The van der Waals surface area contributed by atoms with E-state index in [-0.39, 0.29) is 19.0 Å². The van der Waals surface area contributed by atoms with Crippen molar-refractivity contribution in [2.24, 2.45) is 0 Å². The fraction of sp³-hybridized carbons (Fsp3) is 0.417. The largest absolute Gasteiger partial charge is 0.491 e. The molecule has 88 valence electrons. The van der Waals surface area contributed by atoms with Crippen LogP contribution in [-0.2, 0) is 0 Å². The van der Waals surface area contributed by atoms with E-state index in [4.69, 9.17) is 9.84 Å². The molecule has 0 amide bonds. The maximum absolute atomic E-state index is 11.7. The first-order valence-electron chi connectivity index (χ1n) is 5.06. The number of benzene rings is 1. The number of aliphatic hydroxyl groups is 2. The minimum absolute atomic E-state index is 0.0512. The van der Waals surface area contributed by atoms with Crippen molar-refractivity contribution >= 4 is 5.78 Å². The van der Waals surface area contributed by atoms with Crippen molar-refractivity contribution in [3.05, 3.63) is 29.8 Å². The van der Waals surface area contributed by atoms with Gasteiger partial charge in [-0.05, 0) is 38.1 Å². The Morgan fingerprint density at radius 1 is 1.31 bits per heavy atom. The van der Waals surface area contributed by atoms with Crippen LogP contribution in [0.1, 0.15) is 24.2 Å². The van der Waals surface area contributed by atoms with Crippen molar-refractivity contribution in [2.45, 2.75) is 19.4 Å². The molecule has 0 bridgehead atoms. The Morgan fingerprint density at radius 3 is 2.31 bits per heavy atom. The van der Waals surface area contributed by atoms with Gasteiger partial charge in [-0.1, -0.05) is 0 Å². The molecule has 0 radical (unpaired) electrons. The fourth-order valence-electron chi connectivity index (χ4n) is 1.22. The van der Waals surface area contributed by atoms with E-state index in [1.54, 1.807) is 24.3 Å². The Balaban J connectivity index is 2.75. The molecular weight excluding hydrogens is 208 g/mol. The number of hydrogen-bond donors (Lipinski definition) is 2. The predicted octanol–water partition coefficient (Wildman–Crippen LogP) is 1.01. The lowest BCUT2D eigenvalue weighted by Crippen LogP contribution is -2.30. The molecule has 0 fully saturated rings. The zero-order valence-corrected chi connectivity index (χ0v) is 9.43. The second-order valence-corrected chi connectivity index (χ2v) is 3.98. The third-order valence-corrected chi connectivity index (χ3v) is 2.03. The lowest BCUT2D eigenvalue weighted by molar-refractivity contribution is 0.0488. The molecule has 0 unspecified atom stereocenters. The van der Waals surface area contributed by atoms with Gasteiger partial charge in [0.1, 0.15) is 18.0 Å². The second-order valence-electron chi connectivity index (χ2n) is 3.98. The molecule has 1 rings (SSSR count). The maximum atomic E-state index is 11.7. The third kappa shape index (κ3) is 3.32. The zero-order valence-electron chi connectivity index (χ0n) is 9.43. The van der Waals surface area contributed by atoms with Crippen molar-refractivity contribution in [1.29, 1.82) is 0 Å². The molecule has 1 aromatic rings. The van der Waals surface area contributed by atoms with Gasteiger partial charge < -0.3 is 14.9 Å². The Kier molecular flexibility index (Phi) is 4.04. The molecule has 0 aliphatic rings. The minimum atomic E-state index is -1.37. The van der Waals surface area contributed by atoms with Gasteiger partial charge in [-0.3, -0.25) is 4.79 Å². The van der Waals surface area contributed by atoms with E-state index < -0.39 is 5.60 Å². The van der Waals surface area contributed by atoms with Gasteiger partial charge in [-0.15, -0.1) is 0 Å².